The number of aryl methyl sites for hydroxylation is 1. The van der Waals surface area contributed by atoms with E-state index >= 15 is 0 Å². The molecule has 0 aromatic carbocycles. The molecule has 0 saturated carbocycles. The van der Waals surface area contributed by atoms with E-state index in [1.165, 1.54) is 6.26 Å². The van der Waals surface area contributed by atoms with E-state index in [9.17, 15) is 8.42 Å². The molecule has 1 aliphatic rings. The van der Waals surface area contributed by atoms with Crippen molar-refractivity contribution in [3.63, 3.8) is 0 Å². The summed E-state index contributed by atoms with van der Waals surface area (Å²) in [4.78, 5) is 4.66. The smallest absolute Gasteiger partial charge is 0.211 e. The van der Waals surface area contributed by atoms with Crippen LogP contribution in [-0.4, -0.2) is 47.2 Å². The number of aromatic amines is 1. The summed E-state index contributed by atoms with van der Waals surface area (Å²) in [6, 6.07) is 7.88. The Labute approximate surface area is 130 Å². The molecule has 7 heteroatoms. The molecule has 2 aromatic rings. The summed E-state index contributed by atoms with van der Waals surface area (Å²) >= 11 is 0. The molecule has 0 aliphatic carbocycles. The quantitative estimate of drug-likeness (QED) is 0.928. The Morgan fingerprint density at radius 3 is 2.82 bits per heavy atom. The second-order valence-electron chi connectivity index (χ2n) is 5.93. The molecule has 0 radical (unpaired) electrons. The van der Waals surface area contributed by atoms with Gasteiger partial charge in [0.1, 0.15) is 5.69 Å². The van der Waals surface area contributed by atoms with Crippen LogP contribution in [0.5, 0.6) is 0 Å². The Bertz CT molecular complexity index is 769. The third-order valence-electron chi connectivity index (χ3n) is 3.99. The van der Waals surface area contributed by atoms with Crippen LogP contribution in [0.1, 0.15) is 17.8 Å². The third-order valence-corrected chi connectivity index (χ3v) is 5.26. The van der Waals surface area contributed by atoms with Gasteiger partial charge in [-0.25, -0.2) is 12.7 Å². The summed E-state index contributed by atoms with van der Waals surface area (Å²) in [7, 11) is -3.08. The summed E-state index contributed by atoms with van der Waals surface area (Å²) in [5.41, 5.74) is 3.67. The van der Waals surface area contributed by atoms with Gasteiger partial charge in [-0.2, -0.15) is 5.10 Å². The summed E-state index contributed by atoms with van der Waals surface area (Å²) in [5.74, 6) is 0.332. The highest BCUT2D eigenvalue weighted by molar-refractivity contribution is 7.88. The van der Waals surface area contributed by atoms with E-state index in [0.29, 0.717) is 19.0 Å². The first kappa shape index (κ1) is 15.2. The van der Waals surface area contributed by atoms with E-state index in [1.54, 1.807) is 4.31 Å². The zero-order valence-electron chi connectivity index (χ0n) is 12.8. The van der Waals surface area contributed by atoms with Crippen LogP contribution in [-0.2, 0) is 16.4 Å². The molecule has 0 bridgehead atoms. The SMILES string of the molecule is Cc1cc(-c2cccc(C[C@@H]3CCN(S(C)(=O)=O)C3)n2)n[nH]1. The number of H-pyrrole nitrogens is 1. The number of nitrogens with one attached hydrogen (secondary N) is 1. The zero-order chi connectivity index (χ0) is 15.7. The summed E-state index contributed by atoms with van der Waals surface area (Å²) in [6.45, 7) is 3.16. The van der Waals surface area contributed by atoms with E-state index in [1.807, 2.05) is 31.2 Å². The van der Waals surface area contributed by atoms with Crippen LogP contribution >= 0.6 is 0 Å². The molecule has 22 heavy (non-hydrogen) atoms. The molecule has 1 N–H and O–H groups in total. The molecule has 2 aromatic heterocycles. The van der Waals surface area contributed by atoms with Crippen molar-refractivity contribution in [2.75, 3.05) is 19.3 Å². The van der Waals surface area contributed by atoms with Gasteiger partial charge in [0.2, 0.25) is 10.0 Å². The molecule has 118 valence electrons. The standard InChI is InChI=1S/C15H20N4O2S/c1-11-8-15(18-17-11)14-5-3-4-13(16-14)9-12-6-7-19(10-12)22(2,20)21/h3-5,8,12H,6-7,9-10H2,1-2H3,(H,17,18)/t12-/m0/s1. The third kappa shape index (κ3) is 3.36. The predicted octanol–water partition coefficient (Wildman–Crippen LogP) is 1.60. The first-order valence-corrected chi connectivity index (χ1v) is 9.20. The first-order chi connectivity index (χ1) is 10.4. The minimum Gasteiger partial charge on any atom is -0.282 e. The predicted molar refractivity (Wildman–Crippen MR) is 84.8 cm³/mol. The van der Waals surface area contributed by atoms with Gasteiger partial charge in [0.05, 0.1) is 11.9 Å². The van der Waals surface area contributed by atoms with Gasteiger partial charge >= 0.3 is 0 Å². The molecular weight excluding hydrogens is 300 g/mol. The Morgan fingerprint density at radius 1 is 1.36 bits per heavy atom. The molecule has 1 saturated heterocycles. The monoisotopic (exact) mass is 320 g/mol. The van der Waals surface area contributed by atoms with E-state index in [-0.39, 0.29) is 0 Å². The molecule has 6 nitrogen and oxygen atoms in total. The van der Waals surface area contributed by atoms with Gasteiger partial charge in [-0.05, 0) is 43.9 Å². The maximum atomic E-state index is 11.6. The fraction of sp³-hybridized carbons (Fsp3) is 0.467. The van der Waals surface area contributed by atoms with Gasteiger partial charge in [0.15, 0.2) is 0 Å². The van der Waals surface area contributed by atoms with Crippen molar-refractivity contribution in [2.45, 2.75) is 19.8 Å². The van der Waals surface area contributed by atoms with Crippen LogP contribution in [0.25, 0.3) is 11.4 Å². The molecule has 0 amide bonds. The van der Waals surface area contributed by atoms with Crippen LogP contribution in [0.2, 0.25) is 0 Å². The molecule has 3 heterocycles. The minimum atomic E-state index is -3.08. The maximum Gasteiger partial charge on any atom is 0.211 e. The minimum absolute atomic E-state index is 0.332. The Kier molecular flexibility index (Phi) is 4.01. The van der Waals surface area contributed by atoms with E-state index in [0.717, 1.165) is 35.6 Å². The lowest BCUT2D eigenvalue weighted by atomic mass is 10.0. The van der Waals surface area contributed by atoms with Gasteiger partial charge in [0, 0.05) is 24.5 Å². The van der Waals surface area contributed by atoms with Crippen molar-refractivity contribution in [1.29, 1.82) is 0 Å². The fourth-order valence-corrected chi connectivity index (χ4v) is 3.76. The maximum absolute atomic E-state index is 11.6. The molecular formula is C15H20N4O2S. The van der Waals surface area contributed by atoms with Gasteiger partial charge in [0.25, 0.3) is 0 Å². The average Bonchev–Trinajstić information content (AvgIpc) is 3.08. The van der Waals surface area contributed by atoms with E-state index in [2.05, 4.69) is 15.2 Å². The van der Waals surface area contributed by atoms with Gasteiger partial charge in [-0.1, -0.05) is 6.07 Å². The number of rotatable bonds is 4. The van der Waals surface area contributed by atoms with Crippen LogP contribution in [0.3, 0.4) is 0 Å². The van der Waals surface area contributed by atoms with Crippen LogP contribution < -0.4 is 0 Å². The molecule has 3 rings (SSSR count). The highest BCUT2D eigenvalue weighted by Crippen LogP contribution is 2.23. The van der Waals surface area contributed by atoms with Crippen LogP contribution in [0.15, 0.2) is 24.3 Å². The van der Waals surface area contributed by atoms with Crippen molar-refractivity contribution in [2.24, 2.45) is 5.92 Å². The van der Waals surface area contributed by atoms with Gasteiger partial charge in [-0.3, -0.25) is 10.1 Å². The fourth-order valence-electron chi connectivity index (χ4n) is 2.85. The normalized spacial score (nSPS) is 19.6. The van der Waals surface area contributed by atoms with E-state index < -0.39 is 10.0 Å². The first-order valence-electron chi connectivity index (χ1n) is 7.35. The zero-order valence-corrected chi connectivity index (χ0v) is 13.6. The Morgan fingerprint density at radius 2 is 2.18 bits per heavy atom. The molecule has 0 unspecified atom stereocenters. The number of nitrogens with zero attached hydrogens (tertiary/aromatic N) is 3. The number of hydrogen-bond donors (Lipinski definition) is 1. The van der Waals surface area contributed by atoms with Crippen molar-refractivity contribution in [3.8, 4) is 11.4 Å². The second-order valence-corrected chi connectivity index (χ2v) is 7.91. The Balaban J connectivity index is 1.72. The number of aromatic nitrogens is 3. The second kappa shape index (κ2) is 5.81. The Hall–Kier alpha value is -1.73. The van der Waals surface area contributed by atoms with Crippen molar-refractivity contribution in [1.82, 2.24) is 19.5 Å². The van der Waals surface area contributed by atoms with Crippen LogP contribution in [0, 0.1) is 12.8 Å². The van der Waals surface area contributed by atoms with Crippen molar-refractivity contribution in [3.05, 3.63) is 35.7 Å². The lowest BCUT2D eigenvalue weighted by Crippen LogP contribution is -2.27. The number of sulfonamides is 1. The van der Waals surface area contributed by atoms with Crippen LogP contribution in [0.4, 0.5) is 0 Å². The van der Waals surface area contributed by atoms with Gasteiger partial charge < -0.3 is 0 Å². The highest BCUT2D eigenvalue weighted by Gasteiger charge is 2.28. The molecule has 0 spiro atoms. The average molecular weight is 320 g/mol. The number of hydrogen-bond acceptors (Lipinski definition) is 4. The summed E-state index contributed by atoms with van der Waals surface area (Å²) < 4.78 is 24.7. The highest BCUT2D eigenvalue weighted by atomic mass is 32.2. The number of pyridine rings is 1. The van der Waals surface area contributed by atoms with Crippen molar-refractivity contribution >= 4 is 10.0 Å². The van der Waals surface area contributed by atoms with Gasteiger partial charge in [-0.15, -0.1) is 0 Å². The molecule has 1 fully saturated rings. The lowest BCUT2D eigenvalue weighted by Gasteiger charge is -2.13. The molecule has 1 aliphatic heterocycles. The summed E-state index contributed by atoms with van der Waals surface area (Å²) in [5, 5.41) is 7.15. The molecule has 1 atom stereocenters. The van der Waals surface area contributed by atoms with E-state index in [4.69, 9.17) is 0 Å². The van der Waals surface area contributed by atoms with Crippen molar-refractivity contribution < 1.29 is 8.42 Å². The lowest BCUT2D eigenvalue weighted by molar-refractivity contribution is 0.459. The largest absolute Gasteiger partial charge is 0.282 e. The topological polar surface area (TPSA) is 79.0 Å². The summed E-state index contributed by atoms with van der Waals surface area (Å²) in [6.07, 6.45) is 2.96.